The molecule has 1 aliphatic rings. The molecule has 0 aromatic heterocycles. The van der Waals surface area contributed by atoms with Gasteiger partial charge in [-0.25, -0.2) is 5.43 Å². The van der Waals surface area contributed by atoms with E-state index in [1.54, 1.807) is 18.3 Å². The number of carbonyl (C=O) groups excluding carboxylic acids is 1. The van der Waals surface area contributed by atoms with Gasteiger partial charge in [0.1, 0.15) is 0 Å². The van der Waals surface area contributed by atoms with E-state index >= 15 is 0 Å². The lowest BCUT2D eigenvalue weighted by Gasteiger charge is -2.30. The summed E-state index contributed by atoms with van der Waals surface area (Å²) in [7, 11) is 0. The van der Waals surface area contributed by atoms with Crippen LogP contribution in [0.25, 0.3) is 0 Å². The van der Waals surface area contributed by atoms with E-state index in [-0.39, 0.29) is 17.5 Å². The van der Waals surface area contributed by atoms with E-state index in [1.165, 1.54) is 12.1 Å². The van der Waals surface area contributed by atoms with Crippen LogP contribution >= 0.6 is 15.9 Å². The first-order valence-corrected chi connectivity index (χ1v) is 9.85. The zero-order valence-electron chi connectivity index (χ0n) is 15.3. The number of piperidine rings is 1. The second-order valence-electron chi connectivity index (χ2n) is 6.76. The number of hydrazone groups is 1. The van der Waals surface area contributed by atoms with Crippen LogP contribution in [0.3, 0.4) is 0 Å². The van der Waals surface area contributed by atoms with Gasteiger partial charge in [0.15, 0.2) is 0 Å². The Morgan fingerprint density at radius 2 is 1.96 bits per heavy atom. The summed E-state index contributed by atoms with van der Waals surface area (Å²) in [6.07, 6.45) is 3.17. The fraction of sp³-hybridized carbons (Fsp3) is 0.300. The Morgan fingerprint density at radius 1 is 1.25 bits per heavy atom. The third kappa shape index (κ3) is 5.71. The first-order chi connectivity index (χ1) is 13.5. The monoisotopic (exact) mass is 444 g/mol. The summed E-state index contributed by atoms with van der Waals surface area (Å²) in [5.74, 6) is -0.103. The third-order valence-corrected chi connectivity index (χ3v) is 5.24. The molecule has 2 aromatic rings. The van der Waals surface area contributed by atoms with Gasteiger partial charge in [-0.1, -0.05) is 40.2 Å². The van der Waals surface area contributed by atoms with Crippen LogP contribution in [0.1, 0.15) is 24.0 Å². The molecule has 0 radical (unpaired) electrons. The molecule has 1 N–H and O–H groups in total. The first-order valence-electron chi connectivity index (χ1n) is 9.05. The normalized spacial score (nSPS) is 15.6. The van der Waals surface area contributed by atoms with E-state index in [0.29, 0.717) is 0 Å². The van der Waals surface area contributed by atoms with Crippen molar-refractivity contribution in [1.82, 2.24) is 10.3 Å². The van der Waals surface area contributed by atoms with Crippen LogP contribution in [0.2, 0.25) is 0 Å². The summed E-state index contributed by atoms with van der Waals surface area (Å²) < 4.78 is 0.961. The van der Waals surface area contributed by atoms with Crippen molar-refractivity contribution in [2.75, 3.05) is 13.1 Å². The van der Waals surface area contributed by atoms with Gasteiger partial charge >= 0.3 is 0 Å². The predicted octanol–water partition coefficient (Wildman–Crippen LogP) is 3.72. The first kappa shape index (κ1) is 20.2. The quantitative estimate of drug-likeness (QED) is 0.417. The standard InChI is InChI=1S/C20H21BrN4O3/c21-18-3-1-2-16(12-18)13-22-23-20(26)17-8-10-24(11-9-17)14-15-4-6-19(7-5-15)25(27)28/h1-7,12-13,17H,8-11,14H2,(H,23,26)/b22-13+. The van der Waals surface area contributed by atoms with E-state index in [1.807, 2.05) is 24.3 Å². The highest BCUT2D eigenvalue weighted by molar-refractivity contribution is 9.10. The van der Waals surface area contributed by atoms with Gasteiger partial charge in [0.25, 0.3) is 5.69 Å². The second-order valence-corrected chi connectivity index (χ2v) is 7.68. The van der Waals surface area contributed by atoms with Crippen LogP contribution in [0, 0.1) is 16.0 Å². The zero-order valence-corrected chi connectivity index (χ0v) is 16.8. The van der Waals surface area contributed by atoms with Gasteiger partial charge in [0.2, 0.25) is 5.91 Å². The van der Waals surface area contributed by atoms with Gasteiger partial charge in [0.05, 0.1) is 11.1 Å². The van der Waals surface area contributed by atoms with Crippen molar-refractivity contribution in [3.05, 3.63) is 74.2 Å². The number of hydrogen-bond donors (Lipinski definition) is 1. The average molecular weight is 445 g/mol. The fourth-order valence-corrected chi connectivity index (χ4v) is 3.60. The Bertz CT molecular complexity index is 862. The molecule has 28 heavy (non-hydrogen) atoms. The maximum absolute atomic E-state index is 12.3. The van der Waals surface area contributed by atoms with E-state index in [4.69, 9.17) is 0 Å². The number of nitro groups is 1. The molecule has 1 amide bonds. The van der Waals surface area contributed by atoms with Crippen LogP contribution in [0.15, 0.2) is 58.1 Å². The molecule has 2 aromatic carbocycles. The Labute approximate surface area is 171 Å². The molecule has 0 atom stereocenters. The van der Waals surface area contributed by atoms with Gasteiger partial charge in [-0.3, -0.25) is 19.8 Å². The van der Waals surface area contributed by atoms with Crippen molar-refractivity contribution in [2.24, 2.45) is 11.0 Å². The van der Waals surface area contributed by atoms with Crippen molar-refractivity contribution in [3.8, 4) is 0 Å². The second kappa shape index (κ2) is 9.57. The van der Waals surface area contributed by atoms with E-state index < -0.39 is 4.92 Å². The maximum atomic E-state index is 12.3. The highest BCUT2D eigenvalue weighted by atomic mass is 79.9. The molecule has 146 valence electrons. The number of carbonyl (C=O) groups is 1. The van der Waals surface area contributed by atoms with E-state index in [2.05, 4.69) is 31.4 Å². The highest BCUT2D eigenvalue weighted by Gasteiger charge is 2.24. The summed E-state index contributed by atoms with van der Waals surface area (Å²) in [4.78, 5) is 24.9. The predicted molar refractivity (Wildman–Crippen MR) is 111 cm³/mol. The van der Waals surface area contributed by atoms with E-state index in [0.717, 1.165) is 48.1 Å². The molecule has 7 nitrogen and oxygen atoms in total. The molecule has 0 aliphatic carbocycles. The minimum atomic E-state index is -0.396. The van der Waals surface area contributed by atoms with Crippen molar-refractivity contribution < 1.29 is 9.72 Å². The van der Waals surface area contributed by atoms with E-state index in [9.17, 15) is 14.9 Å². The third-order valence-electron chi connectivity index (χ3n) is 4.75. The lowest BCUT2D eigenvalue weighted by atomic mass is 9.96. The van der Waals surface area contributed by atoms with Crippen LogP contribution in [-0.2, 0) is 11.3 Å². The number of amides is 1. The molecule has 1 aliphatic heterocycles. The molecule has 1 heterocycles. The fourth-order valence-electron chi connectivity index (χ4n) is 3.18. The topological polar surface area (TPSA) is 87.8 Å². The minimum Gasteiger partial charge on any atom is -0.299 e. The number of nitrogens with one attached hydrogen (secondary N) is 1. The molecule has 1 saturated heterocycles. The number of benzene rings is 2. The lowest BCUT2D eigenvalue weighted by Crippen LogP contribution is -2.39. The Morgan fingerprint density at radius 3 is 2.61 bits per heavy atom. The summed E-state index contributed by atoms with van der Waals surface area (Å²) in [6, 6.07) is 14.3. The van der Waals surface area contributed by atoms with Crippen molar-refractivity contribution in [1.29, 1.82) is 0 Å². The lowest BCUT2D eigenvalue weighted by molar-refractivity contribution is -0.384. The smallest absolute Gasteiger partial charge is 0.269 e. The van der Waals surface area contributed by atoms with Crippen molar-refractivity contribution in [3.63, 3.8) is 0 Å². The molecular formula is C20H21BrN4O3. The molecule has 0 unspecified atom stereocenters. The molecule has 8 heteroatoms. The zero-order chi connectivity index (χ0) is 19.9. The molecule has 0 saturated carbocycles. The van der Waals surface area contributed by atoms with Crippen LogP contribution in [0.5, 0.6) is 0 Å². The molecular weight excluding hydrogens is 424 g/mol. The number of likely N-dealkylation sites (tertiary alicyclic amines) is 1. The van der Waals surface area contributed by atoms with Crippen molar-refractivity contribution in [2.45, 2.75) is 19.4 Å². The Balaban J connectivity index is 1.44. The van der Waals surface area contributed by atoms with Gasteiger partial charge in [-0.05, 0) is 49.2 Å². The van der Waals surface area contributed by atoms with Gasteiger partial charge < -0.3 is 0 Å². The van der Waals surface area contributed by atoms with Crippen LogP contribution < -0.4 is 5.43 Å². The Kier molecular flexibility index (Phi) is 6.89. The van der Waals surface area contributed by atoms with Gasteiger partial charge in [-0.2, -0.15) is 5.10 Å². The van der Waals surface area contributed by atoms with Crippen LogP contribution in [0.4, 0.5) is 5.69 Å². The van der Waals surface area contributed by atoms with Gasteiger partial charge in [0, 0.05) is 29.1 Å². The maximum Gasteiger partial charge on any atom is 0.269 e. The number of halogens is 1. The highest BCUT2D eigenvalue weighted by Crippen LogP contribution is 2.20. The van der Waals surface area contributed by atoms with Gasteiger partial charge in [-0.15, -0.1) is 0 Å². The number of hydrogen-bond acceptors (Lipinski definition) is 5. The molecule has 3 rings (SSSR count). The van der Waals surface area contributed by atoms with Crippen LogP contribution in [-0.4, -0.2) is 35.0 Å². The SMILES string of the molecule is O=C(N/N=C/c1cccc(Br)c1)C1CCN(Cc2ccc([N+](=O)[O-])cc2)CC1. The molecule has 0 bridgehead atoms. The molecule has 0 spiro atoms. The van der Waals surface area contributed by atoms with Crippen molar-refractivity contribution >= 4 is 33.7 Å². The largest absolute Gasteiger partial charge is 0.299 e. The minimum absolute atomic E-state index is 0.0484. The number of rotatable bonds is 6. The average Bonchev–Trinajstić information content (AvgIpc) is 2.69. The number of non-ortho nitro benzene ring substituents is 1. The summed E-state index contributed by atoms with van der Waals surface area (Å²) in [6.45, 7) is 2.35. The summed E-state index contributed by atoms with van der Waals surface area (Å²) >= 11 is 3.40. The number of nitro benzene ring substituents is 1. The number of nitrogens with zero attached hydrogens (tertiary/aromatic N) is 3. The molecule has 1 fully saturated rings. The Hall–Kier alpha value is -2.58. The summed E-state index contributed by atoms with van der Waals surface area (Å²) in [5.41, 5.74) is 4.68. The summed E-state index contributed by atoms with van der Waals surface area (Å²) in [5, 5.41) is 14.8.